The summed E-state index contributed by atoms with van der Waals surface area (Å²) in [4.78, 5) is 0. The van der Waals surface area contributed by atoms with Crippen molar-refractivity contribution in [2.45, 2.75) is 19.9 Å². The van der Waals surface area contributed by atoms with Crippen molar-refractivity contribution in [2.75, 3.05) is 19.5 Å². The summed E-state index contributed by atoms with van der Waals surface area (Å²) >= 11 is 0. The first kappa shape index (κ1) is 8.90. The van der Waals surface area contributed by atoms with Gasteiger partial charge >= 0.3 is 0 Å². The van der Waals surface area contributed by atoms with Gasteiger partial charge in [0, 0.05) is 13.1 Å². The van der Waals surface area contributed by atoms with E-state index in [0.29, 0.717) is 6.04 Å². The third-order valence-corrected chi connectivity index (χ3v) is 1.66. The molecule has 68 valence electrons. The summed E-state index contributed by atoms with van der Waals surface area (Å²) in [6, 6.07) is 2.20. The van der Waals surface area contributed by atoms with Gasteiger partial charge in [0.1, 0.15) is 0 Å². The normalized spacial score (nSPS) is 10.4. The van der Waals surface area contributed by atoms with Crippen LogP contribution in [0.5, 0.6) is 5.88 Å². The molecule has 0 fully saturated rings. The van der Waals surface area contributed by atoms with Crippen LogP contribution in [0.2, 0.25) is 0 Å². The van der Waals surface area contributed by atoms with Crippen LogP contribution in [-0.2, 0) is 0 Å². The zero-order valence-electron chi connectivity index (χ0n) is 7.96. The predicted molar refractivity (Wildman–Crippen MR) is 48.7 cm³/mol. The molecule has 0 saturated heterocycles. The number of nitrogens with one attached hydrogen (secondary N) is 1. The number of hydrogen-bond acceptors (Lipinski definition) is 3. The molecule has 12 heavy (non-hydrogen) atoms. The van der Waals surface area contributed by atoms with Gasteiger partial charge in [-0.2, -0.15) is 5.10 Å². The summed E-state index contributed by atoms with van der Waals surface area (Å²) in [5, 5.41) is 7.24. The predicted octanol–water partition coefficient (Wildman–Crippen LogP) is 1.51. The first-order valence-electron chi connectivity index (χ1n) is 4.00. The maximum Gasteiger partial charge on any atom is 0.213 e. The van der Waals surface area contributed by atoms with E-state index in [1.54, 1.807) is 7.11 Å². The van der Waals surface area contributed by atoms with Crippen LogP contribution < -0.4 is 10.1 Å². The van der Waals surface area contributed by atoms with Crippen LogP contribution in [0.3, 0.4) is 0 Å². The van der Waals surface area contributed by atoms with Crippen LogP contribution in [0.15, 0.2) is 6.07 Å². The average molecular weight is 169 g/mol. The second-order valence-corrected chi connectivity index (χ2v) is 2.86. The van der Waals surface area contributed by atoms with Gasteiger partial charge < -0.3 is 10.1 Å². The van der Waals surface area contributed by atoms with E-state index in [0.717, 1.165) is 11.7 Å². The van der Waals surface area contributed by atoms with Crippen molar-refractivity contribution in [1.82, 2.24) is 9.78 Å². The van der Waals surface area contributed by atoms with E-state index >= 15 is 0 Å². The molecule has 4 heteroatoms. The lowest BCUT2D eigenvalue weighted by molar-refractivity contribution is 0.345. The Morgan fingerprint density at radius 3 is 2.58 bits per heavy atom. The Morgan fingerprint density at radius 2 is 2.25 bits per heavy atom. The van der Waals surface area contributed by atoms with E-state index in [-0.39, 0.29) is 0 Å². The minimum Gasteiger partial charge on any atom is -0.481 e. The van der Waals surface area contributed by atoms with Crippen molar-refractivity contribution >= 4 is 5.82 Å². The molecule has 0 aliphatic rings. The summed E-state index contributed by atoms with van der Waals surface area (Å²) in [5.41, 5.74) is 0. The highest BCUT2D eigenvalue weighted by Crippen LogP contribution is 2.20. The highest BCUT2D eigenvalue weighted by molar-refractivity contribution is 5.37. The van der Waals surface area contributed by atoms with Crippen LogP contribution in [0.1, 0.15) is 19.9 Å². The molecule has 0 aliphatic carbocycles. The Kier molecular flexibility index (Phi) is 2.58. The number of rotatable bonds is 3. The topological polar surface area (TPSA) is 39.1 Å². The van der Waals surface area contributed by atoms with Gasteiger partial charge in [-0.25, -0.2) is 4.68 Å². The van der Waals surface area contributed by atoms with Crippen LogP contribution in [-0.4, -0.2) is 23.9 Å². The van der Waals surface area contributed by atoms with Gasteiger partial charge in [-0.1, -0.05) is 0 Å². The van der Waals surface area contributed by atoms with Crippen LogP contribution in [0.25, 0.3) is 0 Å². The van der Waals surface area contributed by atoms with Crippen molar-refractivity contribution in [2.24, 2.45) is 0 Å². The molecule has 0 radical (unpaired) electrons. The second kappa shape index (κ2) is 3.47. The lowest BCUT2D eigenvalue weighted by atomic mass is 10.4. The van der Waals surface area contributed by atoms with E-state index < -0.39 is 0 Å². The quantitative estimate of drug-likeness (QED) is 0.745. The van der Waals surface area contributed by atoms with Crippen molar-refractivity contribution in [3.63, 3.8) is 0 Å². The molecule has 0 amide bonds. The van der Waals surface area contributed by atoms with Gasteiger partial charge in [0.25, 0.3) is 0 Å². The van der Waals surface area contributed by atoms with Gasteiger partial charge in [0.05, 0.1) is 13.2 Å². The van der Waals surface area contributed by atoms with Gasteiger partial charge in [0.15, 0.2) is 5.82 Å². The fourth-order valence-corrected chi connectivity index (χ4v) is 1.02. The summed E-state index contributed by atoms with van der Waals surface area (Å²) < 4.78 is 6.99. The van der Waals surface area contributed by atoms with Crippen molar-refractivity contribution in [1.29, 1.82) is 0 Å². The Balaban J connectivity index is 3.00. The highest BCUT2D eigenvalue weighted by Gasteiger charge is 2.08. The monoisotopic (exact) mass is 169 g/mol. The largest absolute Gasteiger partial charge is 0.481 e. The molecule has 0 unspecified atom stereocenters. The molecule has 0 saturated carbocycles. The third-order valence-electron chi connectivity index (χ3n) is 1.66. The fourth-order valence-electron chi connectivity index (χ4n) is 1.02. The molecule has 4 nitrogen and oxygen atoms in total. The Morgan fingerprint density at radius 1 is 1.58 bits per heavy atom. The zero-order chi connectivity index (χ0) is 9.14. The summed E-state index contributed by atoms with van der Waals surface area (Å²) in [5.74, 6) is 1.62. The minimum absolute atomic E-state index is 0.321. The van der Waals surface area contributed by atoms with Gasteiger partial charge in [-0.15, -0.1) is 0 Å². The molecule has 1 aromatic heterocycles. The minimum atomic E-state index is 0.321. The molecule has 1 rings (SSSR count). The second-order valence-electron chi connectivity index (χ2n) is 2.86. The first-order chi connectivity index (χ1) is 5.69. The number of anilines is 1. The van der Waals surface area contributed by atoms with E-state index in [1.165, 1.54) is 0 Å². The fraction of sp³-hybridized carbons (Fsp3) is 0.625. The van der Waals surface area contributed by atoms with Crippen molar-refractivity contribution in [3.05, 3.63) is 6.07 Å². The van der Waals surface area contributed by atoms with Crippen molar-refractivity contribution < 1.29 is 4.74 Å². The molecule has 1 heterocycles. The van der Waals surface area contributed by atoms with Gasteiger partial charge in [-0.05, 0) is 13.8 Å². The van der Waals surface area contributed by atoms with Gasteiger partial charge in [0.2, 0.25) is 5.88 Å². The molecule has 0 bridgehead atoms. The van der Waals surface area contributed by atoms with E-state index in [9.17, 15) is 0 Å². The third kappa shape index (κ3) is 1.52. The van der Waals surface area contributed by atoms with E-state index in [1.807, 2.05) is 17.8 Å². The lowest BCUT2D eigenvalue weighted by Gasteiger charge is -2.08. The van der Waals surface area contributed by atoms with E-state index in [2.05, 4.69) is 24.3 Å². The summed E-state index contributed by atoms with van der Waals surface area (Å²) in [6.45, 7) is 4.13. The lowest BCUT2D eigenvalue weighted by Crippen LogP contribution is -2.05. The number of aromatic nitrogens is 2. The molecular formula is C8H15N3O. The molecule has 0 spiro atoms. The van der Waals surface area contributed by atoms with E-state index in [4.69, 9.17) is 4.74 Å². The molecule has 0 aromatic carbocycles. The molecular weight excluding hydrogens is 154 g/mol. The van der Waals surface area contributed by atoms with Crippen LogP contribution in [0, 0.1) is 0 Å². The van der Waals surface area contributed by atoms with Gasteiger partial charge in [-0.3, -0.25) is 0 Å². The summed E-state index contributed by atoms with van der Waals surface area (Å²) in [7, 11) is 3.49. The SMILES string of the molecule is CNc1cc(OC)n(C(C)C)n1. The maximum atomic E-state index is 5.15. The average Bonchev–Trinajstić information content (AvgIpc) is 2.47. The number of ether oxygens (including phenoxy) is 1. The Hall–Kier alpha value is -1.19. The van der Waals surface area contributed by atoms with Crippen LogP contribution in [0.4, 0.5) is 5.82 Å². The maximum absolute atomic E-state index is 5.15. The van der Waals surface area contributed by atoms with Crippen LogP contribution >= 0.6 is 0 Å². The zero-order valence-corrected chi connectivity index (χ0v) is 7.96. The number of nitrogens with zero attached hydrogens (tertiary/aromatic N) is 2. The van der Waals surface area contributed by atoms with Crippen molar-refractivity contribution in [3.8, 4) is 5.88 Å². The highest BCUT2D eigenvalue weighted by atomic mass is 16.5. The number of methoxy groups -OCH3 is 1. The molecule has 1 N–H and O–H groups in total. The molecule has 1 aromatic rings. The Bertz CT molecular complexity index is 255. The Labute approximate surface area is 72.5 Å². The standard InChI is InChI=1S/C8H15N3O/c1-6(2)11-8(12-4)5-7(9-3)10-11/h5-6H,1-4H3,(H,9,10). The summed E-state index contributed by atoms with van der Waals surface area (Å²) in [6.07, 6.45) is 0. The smallest absolute Gasteiger partial charge is 0.213 e. The molecule has 0 aliphatic heterocycles. The molecule has 0 atom stereocenters. The first-order valence-corrected chi connectivity index (χ1v) is 4.00. The number of hydrogen-bond donors (Lipinski definition) is 1.